The Bertz CT molecular complexity index is 503. The fourth-order valence-corrected chi connectivity index (χ4v) is 1.35. The molecule has 0 saturated carbocycles. The molecular formula is C11H8O2. The van der Waals surface area contributed by atoms with Gasteiger partial charge in [-0.1, -0.05) is 30.3 Å². The molecule has 2 heteroatoms. The molecule has 0 bridgehead atoms. The maximum atomic E-state index is 11.4. The molecule has 0 unspecified atom stereocenters. The molecule has 0 aliphatic heterocycles. The summed E-state index contributed by atoms with van der Waals surface area (Å²) in [6, 6.07) is 11.7. The van der Waals surface area contributed by atoms with Crippen LogP contribution in [0.5, 0.6) is 5.75 Å². The van der Waals surface area contributed by atoms with Gasteiger partial charge >= 0.3 is 0 Å². The van der Waals surface area contributed by atoms with Crippen molar-refractivity contribution >= 4 is 10.8 Å². The van der Waals surface area contributed by atoms with E-state index < -0.39 is 0 Å². The summed E-state index contributed by atoms with van der Waals surface area (Å²) in [7, 11) is 0. The van der Waals surface area contributed by atoms with E-state index in [4.69, 9.17) is 0 Å². The zero-order valence-corrected chi connectivity index (χ0v) is 6.90. The lowest BCUT2D eigenvalue weighted by Gasteiger charge is -1.93. The molecule has 2 rings (SSSR count). The highest BCUT2D eigenvalue weighted by molar-refractivity contribution is 5.87. The highest BCUT2D eigenvalue weighted by Gasteiger charge is 1.99. The van der Waals surface area contributed by atoms with Crippen LogP contribution in [0.1, 0.15) is 0 Å². The van der Waals surface area contributed by atoms with Crippen LogP contribution in [0.15, 0.2) is 47.3 Å². The first-order valence-corrected chi connectivity index (χ1v) is 4.00. The highest BCUT2D eigenvalue weighted by atomic mass is 16.3. The molecule has 2 aromatic carbocycles. The van der Waals surface area contributed by atoms with Crippen molar-refractivity contribution in [2.45, 2.75) is 0 Å². The number of fused-ring (bicyclic) bond motifs is 1. The van der Waals surface area contributed by atoms with Gasteiger partial charge in [0.1, 0.15) is 5.75 Å². The van der Waals surface area contributed by atoms with Crippen molar-refractivity contribution in [1.29, 1.82) is 0 Å². The van der Waals surface area contributed by atoms with Crippen LogP contribution >= 0.6 is 0 Å². The second kappa shape index (κ2) is 2.90. The Kier molecular flexibility index (Phi) is 1.74. The van der Waals surface area contributed by atoms with E-state index >= 15 is 0 Å². The van der Waals surface area contributed by atoms with Gasteiger partial charge in [-0.05, 0) is 17.5 Å². The Balaban J connectivity index is 3.10. The number of hydrogen-bond acceptors (Lipinski definition) is 2. The van der Waals surface area contributed by atoms with Crippen LogP contribution in [-0.2, 0) is 0 Å². The molecule has 0 heterocycles. The standard InChI is InChI=1S/C11H8O2/c12-9-6-2-1-4-8-5-3-7-10(13)11(8)9/h1-7,13H. The van der Waals surface area contributed by atoms with Crippen LogP contribution in [0, 0.1) is 0 Å². The maximum Gasteiger partial charge on any atom is 0.190 e. The van der Waals surface area contributed by atoms with E-state index in [9.17, 15) is 9.90 Å². The largest absolute Gasteiger partial charge is 0.507 e. The molecule has 0 aliphatic carbocycles. The summed E-state index contributed by atoms with van der Waals surface area (Å²) < 4.78 is 0. The van der Waals surface area contributed by atoms with Gasteiger partial charge in [0.2, 0.25) is 0 Å². The van der Waals surface area contributed by atoms with Gasteiger partial charge < -0.3 is 5.11 Å². The zero-order valence-electron chi connectivity index (χ0n) is 6.90. The van der Waals surface area contributed by atoms with Crippen molar-refractivity contribution in [3.63, 3.8) is 0 Å². The van der Waals surface area contributed by atoms with E-state index in [0.717, 1.165) is 5.39 Å². The topological polar surface area (TPSA) is 37.3 Å². The zero-order chi connectivity index (χ0) is 9.26. The number of phenolic OH excluding ortho intramolecular Hbond substituents is 1. The van der Waals surface area contributed by atoms with Gasteiger partial charge in [-0.25, -0.2) is 0 Å². The van der Waals surface area contributed by atoms with Gasteiger partial charge in [0, 0.05) is 0 Å². The summed E-state index contributed by atoms with van der Waals surface area (Å²) in [6.07, 6.45) is 0. The first kappa shape index (κ1) is 7.80. The molecule has 13 heavy (non-hydrogen) atoms. The second-order valence-corrected chi connectivity index (χ2v) is 2.82. The first-order chi connectivity index (χ1) is 6.29. The van der Waals surface area contributed by atoms with Gasteiger partial charge in [-0.3, -0.25) is 4.79 Å². The number of benzene rings is 1. The molecule has 1 N–H and O–H groups in total. The Morgan fingerprint density at radius 2 is 1.62 bits per heavy atom. The molecule has 0 radical (unpaired) electrons. The van der Waals surface area contributed by atoms with E-state index in [1.807, 2.05) is 0 Å². The third-order valence-electron chi connectivity index (χ3n) is 1.96. The number of hydrogen-bond donors (Lipinski definition) is 1. The van der Waals surface area contributed by atoms with E-state index in [1.54, 1.807) is 30.3 Å². The summed E-state index contributed by atoms with van der Waals surface area (Å²) in [5, 5.41) is 10.6. The smallest absolute Gasteiger partial charge is 0.190 e. The van der Waals surface area contributed by atoms with Crippen molar-refractivity contribution < 1.29 is 5.11 Å². The van der Waals surface area contributed by atoms with E-state index in [1.165, 1.54) is 12.1 Å². The average Bonchev–Trinajstić information content (AvgIpc) is 2.29. The maximum absolute atomic E-state index is 11.4. The van der Waals surface area contributed by atoms with Crippen molar-refractivity contribution in [2.75, 3.05) is 0 Å². The minimum Gasteiger partial charge on any atom is -0.507 e. The molecule has 0 fully saturated rings. The molecule has 0 aromatic heterocycles. The molecule has 0 atom stereocenters. The van der Waals surface area contributed by atoms with Crippen LogP contribution in [0.25, 0.3) is 10.8 Å². The minimum absolute atomic E-state index is 0.0405. The SMILES string of the molecule is O=c1ccccc2cccc(O)c12. The van der Waals surface area contributed by atoms with Crippen LogP contribution < -0.4 is 5.43 Å². The minimum atomic E-state index is -0.155. The monoisotopic (exact) mass is 172 g/mol. The van der Waals surface area contributed by atoms with Gasteiger partial charge in [0.15, 0.2) is 5.43 Å². The van der Waals surface area contributed by atoms with E-state index in [0.29, 0.717) is 5.39 Å². The van der Waals surface area contributed by atoms with Gasteiger partial charge in [-0.2, -0.15) is 0 Å². The number of rotatable bonds is 0. The molecular weight excluding hydrogens is 164 g/mol. The van der Waals surface area contributed by atoms with Crippen LogP contribution in [0.2, 0.25) is 0 Å². The normalized spacial score (nSPS) is 10.2. The Morgan fingerprint density at radius 1 is 0.923 bits per heavy atom. The first-order valence-electron chi connectivity index (χ1n) is 4.00. The Morgan fingerprint density at radius 3 is 2.46 bits per heavy atom. The summed E-state index contributed by atoms with van der Waals surface area (Å²) >= 11 is 0. The Hall–Kier alpha value is -1.83. The van der Waals surface area contributed by atoms with Crippen LogP contribution in [0.3, 0.4) is 0 Å². The molecule has 0 aliphatic rings. The van der Waals surface area contributed by atoms with Gasteiger partial charge in [0.05, 0.1) is 5.39 Å². The molecule has 0 saturated heterocycles. The summed E-state index contributed by atoms with van der Waals surface area (Å²) in [6.45, 7) is 0. The third kappa shape index (κ3) is 1.26. The average molecular weight is 172 g/mol. The number of aromatic hydroxyl groups is 1. The van der Waals surface area contributed by atoms with Gasteiger partial charge in [-0.15, -0.1) is 0 Å². The van der Waals surface area contributed by atoms with Crippen molar-refractivity contribution in [3.05, 3.63) is 52.7 Å². The van der Waals surface area contributed by atoms with Crippen LogP contribution in [-0.4, -0.2) is 5.11 Å². The summed E-state index contributed by atoms with van der Waals surface area (Å²) in [5.74, 6) is 0.0405. The fourth-order valence-electron chi connectivity index (χ4n) is 1.35. The van der Waals surface area contributed by atoms with Gasteiger partial charge in [0.25, 0.3) is 0 Å². The van der Waals surface area contributed by atoms with E-state index in [2.05, 4.69) is 0 Å². The molecule has 2 nitrogen and oxygen atoms in total. The van der Waals surface area contributed by atoms with Crippen molar-refractivity contribution in [1.82, 2.24) is 0 Å². The molecule has 2 aromatic rings. The number of phenols is 1. The summed E-state index contributed by atoms with van der Waals surface area (Å²) in [4.78, 5) is 11.4. The fraction of sp³-hybridized carbons (Fsp3) is 0. The van der Waals surface area contributed by atoms with Crippen molar-refractivity contribution in [3.8, 4) is 5.75 Å². The lowest BCUT2D eigenvalue weighted by molar-refractivity contribution is 0.481. The Labute approximate surface area is 75.1 Å². The lowest BCUT2D eigenvalue weighted by atomic mass is 10.2. The third-order valence-corrected chi connectivity index (χ3v) is 1.96. The predicted octanol–water partition coefficient (Wildman–Crippen LogP) is 1.91. The molecule has 64 valence electrons. The lowest BCUT2D eigenvalue weighted by Crippen LogP contribution is -1.94. The molecule has 0 amide bonds. The van der Waals surface area contributed by atoms with Crippen LogP contribution in [0.4, 0.5) is 0 Å². The second-order valence-electron chi connectivity index (χ2n) is 2.82. The van der Waals surface area contributed by atoms with Crippen molar-refractivity contribution in [2.24, 2.45) is 0 Å². The predicted molar refractivity (Wildman–Crippen MR) is 51.9 cm³/mol. The quantitative estimate of drug-likeness (QED) is 0.659. The summed E-state index contributed by atoms with van der Waals surface area (Å²) in [5.41, 5.74) is -0.155. The highest BCUT2D eigenvalue weighted by Crippen LogP contribution is 2.19. The molecule has 0 spiro atoms. The van der Waals surface area contributed by atoms with E-state index in [-0.39, 0.29) is 11.2 Å².